The van der Waals surface area contributed by atoms with Crippen molar-refractivity contribution in [1.82, 2.24) is 0 Å². The van der Waals surface area contributed by atoms with Gasteiger partial charge in [-0.2, -0.15) is 0 Å². The molecule has 2 aromatic carbocycles. The molecule has 0 saturated carbocycles. The number of rotatable bonds is 3. The molecule has 0 N–H and O–H groups in total. The van der Waals surface area contributed by atoms with Crippen LogP contribution in [0.25, 0.3) is 0 Å². The number of aryl methyl sites for hydroxylation is 2. The number of halogens is 1. The van der Waals surface area contributed by atoms with Crippen LogP contribution in [-0.4, -0.2) is 18.9 Å². The first-order valence-corrected chi connectivity index (χ1v) is 7.27. The van der Waals surface area contributed by atoms with Gasteiger partial charge in [0.15, 0.2) is 5.78 Å². The second-order valence-electron chi connectivity index (χ2n) is 5.54. The highest BCUT2D eigenvalue weighted by Gasteiger charge is 2.19. The minimum atomic E-state index is -0.269. The van der Waals surface area contributed by atoms with Gasteiger partial charge in [-0.1, -0.05) is 18.2 Å². The quantitative estimate of drug-likeness (QED) is 0.799. The van der Waals surface area contributed by atoms with Gasteiger partial charge >= 0.3 is 0 Å². The standard InChI is InChI=1S/C18H18FNO/c1-13-11-15(8-9-16(13)19)18(21)12-20-10-4-6-14-5-2-3-7-17(14)20/h2-3,5,7-9,11H,4,6,10,12H2,1H3. The van der Waals surface area contributed by atoms with E-state index in [1.807, 2.05) is 12.1 Å². The van der Waals surface area contributed by atoms with E-state index in [0.29, 0.717) is 17.7 Å². The summed E-state index contributed by atoms with van der Waals surface area (Å²) in [6.45, 7) is 2.92. The van der Waals surface area contributed by atoms with Crippen LogP contribution in [0.4, 0.5) is 10.1 Å². The molecule has 2 aromatic rings. The first kappa shape index (κ1) is 13.8. The van der Waals surface area contributed by atoms with Crippen molar-refractivity contribution in [3.05, 3.63) is 65.0 Å². The van der Waals surface area contributed by atoms with E-state index in [9.17, 15) is 9.18 Å². The van der Waals surface area contributed by atoms with Crippen molar-refractivity contribution in [2.75, 3.05) is 18.0 Å². The predicted molar refractivity (Wildman–Crippen MR) is 82.4 cm³/mol. The number of carbonyl (C=O) groups excluding carboxylic acids is 1. The fourth-order valence-electron chi connectivity index (χ4n) is 2.86. The van der Waals surface area contributed by atoms with E-state index in [0.717, 1.165) is 25.1 Å². The lowest BCUT2D eigenvalue weighted by atomic mass is 10.0. The van der Waals surface area contributed by atoms with Gasteiger partial charge in [0.1, 0.15) is 5.82 Å². The summed E-state index contributed by atoms with van der Waals surface area (Å²) in [5.74, 6) is -0.232. The monoisotopic (exact) mass is 283 g/mol. The van der Waals surface area contributed by atoms with Crippen LogP contribution in [0.3, 0.4) is 0 Å². The van der Waals surface area contributed by atoms with Gasteiger partial charge in [0.2, 0.25) is 0 Å². The molecular formula is C18H18FNO. The number of hydrogen-bond acceptors (Lipinski definition) is 2. The summed E-state index contributed by atoms with van der Waals surface area (Å²) in [5, 5.41) is 0. The molecule has 0 aromatic heterocycles. The van der Waals surface area contributed by atoms with Gasteiger partial charge in [0.05, 0.1) is 6.54 Å². The van der Waals surface area contributed by atoms with Crippen molar-refractivity contribution in [2.24, 2.45) is 0 Å². The molecule has 1 aliphatic rings. The fraction of sp³-hybridized carbons (Fsp3) is 0.278. The predicted octanol–water partition coefficient (Wildman–Crippen LogP) is 3.77. The Hall–Kier alpha value is -2.16. The Morgan fingerprint density at radius 2 is 2.05 bits per heavy atom. The number of nitrogens with zero attached hydrogens (tertiary/aromatic N) is 1. The first-order chi connectivity index (χ1) is 10.1. The van der Waals surface area contributed by atoms with Crippen LogP contribution in [0.5, 0.6) is 0 Å². The third-order valence-electron chi connectivity index (χ3n) is 4.02. The van der Waals surface area contributed by atoms with Gasteiger partial charge < -0.3 is 4.90 Å². The maximum atomic E-state index is 13.3. The van der Waals surface area contributed by atoms with Crippen molar-refractivity contribution in [3.8, 4) is 0 Å². The van der Waals surface area contributed by atoms with Gasteiger partial charge in [-0.3, -0.25) is 4.79 Å². The number of fused-ring (bicyclic) bond motifs is 1. The number of anilines is 1. The van der Waals surface area contributed by atoms with Gasteiger partial charge in [-0.25, -0.2) is 4.39 Å². The molecule has 3 heteroatoms. The van der Waals surface area contributed by atoms with Gasteiger partial charge in [-0.05, 0) is 55.2 Å². The van der Waals surface area contributed by atoms with Crippen LogP contribution < -0.4 is 4.90 Å². The highest BCUT2D eigenvalue weighted by Crippen LogP contribution is 2.26. The minimum absolute atomic E-state index is 0.0369. The van der Waals surface area contributed by atoms with Crippen molar-refractivity contribution in [1.29, 1.82) is 0 Å². The summed E-state index contributed by atoms with van der Waals surface area (Å²) >= 11 is 0. The molecule has 0 radical (unpaired) electrons. The van der Waals surface area contributed by atoms with Gasteiger partial charge in [0.25, 0.3) is 0 Å². The zero-order valence-corrected chi connectivity index (χ0v) is 12.1. The molecule has 108 valence electrons. The van der Waals surface area contributed by atoms with E-state index in [2.05, 4.69) is 17.0 Å². The van der Waals surface area contributed by atoms with Crippen LogP contribution in [0.1, 0.15) is 27.9 Å². The number of ketones is 1. The van der Waals surface area contributed by atoms with Crippen LogP contribution in [0.2, 0.25) is 0 Å². The van der Waals surface area contributed by atoms with E-state index in [1.165, 1.54) is 11.6 Å². The Kier molecular flexibility index (Phi) is 3.74. The van der Waals surface area contributed by atoms with Crippen LogP contribution >= 0.6 is 0 Å². The average molecular weight is 283 g/mol. The summed E-state index contributed by atoms with van der Waals surface area (Å²) in [6.07, 6.45) is 2.13. The van der Waals surface area contributed by atoms with Gasteiger partial charge in [-0.15, -0.1) is 0 Å². The van der Waals surface area contributed by atoms with Crippen LogP contribution in [0, 0.1) is 12.7 Å². The number of carbonyl (C=O) groups is 1. The van der Waals surface area contributed by atoms with Crippen LogP contribution in [0.15, 0.2) is 42.5 Å². The smallest absolute Gasteiger partial charge is 0.182 e. The molecule has 0 unspecified atom stereocenters. The zero-order chi connectivity index (χ0) is 14.8. The Morgan fingerprint density at radius 3 is 2.86 bits per heavy atom. The highest BCUT2D eigenvalue weighted by atomic mass is 19.1. The highest BCUT2D eigenvalue weighted by molar-refractivity contribution is 5.99. The van der Waals surface area contributed by atoms with Crippen molar-refractivity contribution >= 4 is 11.5 Å². The number of para-hydroxylation sites is 1. The molecule has 0 atom stereocenters. The molecule has 21 heavy (non-hydrogen) atoms. The largest absolute Gasteiger partial charge is 0.364 e. The van der Waals surface area contributed by atoms with E-state index in [-0.39, 0.29) is 11.6 Å². The molecule has 1 heterocycles. The molecule has 0 fully saturated rings. The van der Waals surface area contributed by atoms with E-state index < -0.39 is 0 Å². The average Bonchev–Trinajstić information content (AvgIpc) is 2.50. The zero-order valence-electron chi connectivity index (χ0n) is 12.1. The lowest BCUT2D eigenvalue weighted by Crippen LogP contribution is -2.34. The Balaban J connectivity index is 1.81. The van der Waals surface area contributed by atoms with E-state index >= 15 is 0 Å². The topological polar surface area (TPSA) is 20.3 Å². The Labute approximate surface area is 124 Å². The molecule has 0 bridgehead atoms. The molecule has 0 amide bonds. The number of Topliss-reactive ketones (excluding diaryl/α,β-unsaturated/α-hetero) is 1. The summed E-state index contributed by atoms with van der Waals surface area (Å²) in [6, 6.07) is 12.8. The molecule has 0 spiro atoms. The third-order valence-corrected chi connectivity index (χ3v) is 4.02. The summed E-state index contributed by atoms with van der Waals surface area (Å²) in [4.78, 5) is 14.5. The molecule has 1 aliphatic heterocycles. The summed E-state index contributed by atoms with van der Waals surface area (Å²) < 4.78 is 13.3. The molecule has 3 rings (SSSR count). The molecular weight excluding hydrogens is 265 g/mol. The molecule has 0 aliphatic carbocycles. The molecule has 2 nitrogen and oxygen atoms in total. The number of hydrogen-bond donors (Lipinski definition) is 0. The molecule has 0 saturated heterocycles. The van der Waals surface area contributed by atoms with Crippen molar-refractivity contribution < 1.29 is 9.18 Å². The van der Waals surface area contributed by atoms with Gasteiger partial charge in [0, 0.05) is 17.8 Å². The van der Waals surface area contributed by atoms with Crippen molar-refractivity contribution in [3.63, 3.8) is 0 Å². The maximum absolute atomic E-state index is 13.3. The summed E-state index contributed by atoms with van der Waals surface area (Å²) in [7, 11) is 0. The first-order valence-electron chi connectivity index (χ1n) is 7.27. The minimum Gasteiger partial charge on any atom is -0.364 e. The second kappa shape index (κ2) is 5.68. The van der Waals surface area contributed by atoms with Crippen LogP contribution in [-0.2, 0) is 6.42 Å². The Morgan fingerprint density at radius 1 is 1.24 bits per heavy atom. The SMILES string of the molecule is Cc1cc(C(=O)CN2CCCc3ccccc32)ccc1F. The Bertz CT molecular complexity index is 681. The third kappa shape index (κ3) is 2.82. The fourth-order valence-corrected chi connectivity index (χ4v) is 2.86. The normalized spacial score (nSPS) is 13.9. The second-order valence-corrected chi connectivity index (χ2v) is 5.54. The number of benzene rings is 2. The van der Waals surface area contributed by atoms with E-state index in [1.54, 1.807) is 19.1 Å². The lowest BCUT2D eigenvalue weighted by molar-refractivity contribution is 0.0998. The maximum Gasteiger partial charge on any atom is 0.182 e. The lowest BCUT2D eigenvalue weighted by Gasteiger charge is -2.30. The van der Waals surface area contributed by atoms with Crippen molar-refractivity contribution in [2.45, 2.75) is 19.8 Å². The van der Waals surface area contributed by atoms with E-state index in [4.69, 9.17) is 0 Å². The summed E-state index contributed by atoms with van der Waals surface area (Å²) in [5.41, 5.74) is 3.54.